The molecule has 0 aromatic carbocycles. The van der Waals surface area contributed by atoms with Crippen LogP contribution >= 0.6 is 0 Å². The highest BCUT2D eigenvalue weighted by Crippen LogP contribution is 2.25. The fraction of sp³-hybridized carbons (Fsp3) is 0.429. The lowest BCUT2D eigenvalue weighted by atomic mass is 9.90. The summed E-state index contributed by atoms with van der Waals surface area (Å²) in [6.45, 7) is 8.15. The molecule has 0 aliphatic rings. The van der Waals surface area contributed by atoms with E-state index in [9.17, 15) is 9.90 Å². The standard InChI is InChI=1S/C14H18N4O2/c1-9-6-5-7-10(15-9)8-18-12(14(2,3)4)11(13(19)20)16-17-18/h5-7H,8H2,1-4H3,(H,19,20). The Morgan fingerprint density at radius 1 is 1.35 bits per heavy atom. The lowest BCUT2D eigenvalue weighted by Crippen LogP contribution is -2.22. The maximum Gasteiger partial charge on any atom is 0.358 e. The van der Waals surface area contributed by atoms with Gasteiger partial charge in [-0.25, -0.2) is 9.48 Å². The molecule has 0 fully saturated rings. The van der Waals surface area contributed by atoms with Crippen LogP contribution in [0.5, 0.6) is 0 Å². The highest BCUT2D eigenvalue weighted by molar-refractivity contribution is 5.86. The molecule has 2 aromatic heterocycles. The number of carboxylic acids is 1. The van der Waals surface area contributed by atoms with E-state index in [0.717, 1.165) is 11.4 Å². The smallest absolute Gasteiger partial charge is 0.358 e. The first-order valence-corrected chi connectivity index (χ1v) is 6.39. The van der Waals surface area contributed by atoms with Crippen LogP contribution in [0.3, 0.4) is 0 Å². The summed E-state index contributed by atoms with van der Waals surface area (Å²) in [5.41, 5.74) is 2.00. The summed E-state index contributed by atoms with van der Waals surface area (Å²) in [6, 6.07) is 5.73. The number of hydrogen-bond donors (Lipinski definition) is 1. The minimum absolute atomic E-state index is 0.00477. The zero-order chi connectivity index (χ0) is 14.9. The number of carboxylic acid groups (broad SMARTS) is 1. The van der Waals surface area contributed by atoms with Crippen LogP contribution in [0.2, 0.25) is 0 Å². The molecule has 0 radical (unpaired) electrons. The predicted molar refractivity (Wildman–Crippen MR) is 73.8 cm³/mol. The third kappa shape index (κ3) is 2.84. The normalized spacial score (nSPS) is 11.6. The SMILES string of the molecule is Cc1cccc(Cn2nnc(C(=O)O)c2C(C)(C)C)n1. The Morgan fingerprint density at radius 3 is 2.60 bits per heavy atom. The summed E-state index contributed by atoms with van der Waals surface area (Å²) in [7, 11) is 0. The van der Waals surface area contributed by atoms with Crippen molar-refractivity contribution in [2.24, 2.45) is 0 Å². The van der Waals surface area contributed by atoms with Crippen molar-refractivity contribution in [2.45, 2.75) is 39.7 Å². The van der Waals surface area contributed by atoms with Crippen LogP contribution in [0, 0.1) is 6.92 Å². The number of pyridine rings is 1. The number of aryl methyl sites for hydroxylation is 1. The first-order chi connectivity index (χ1) is 9.29. The van der Waals surface area contributed by atoms with E-state index in [2.05, 4.69) is 15.3 Å². The Labute approximate surface area is 117 Å². The third-order valence-corrected chi connectivity index (χ3v) is 2.91. The molecule has 6 nitrogen and oxygen atoms in total. The Bertz CT molecular complexity index is 641. The molecule has 0 saturated heterocycles. The second-order valence-electron chi connectivity index (χ2n) is 5.77. The van der Waals surface area contributed by atoms with Gasteiger partial charge in [-0.15, -0.1) is 5.10 Å². The lowest BCUT2D eigenvalue weighted by molar-refractivity contribution is 0.0687. The van der Waals surface area contributed by atoms with Gasteiger partial charge in [0.2, 0.25) is 0 Å². The number of carbonyl (C=O) groups is 1. The van der Waals surface area contributed by atoms with Crippen molar-refractivity contribution in [2.75, 3.05) is 0 Å². The number of hydrogen-bond acceptors (Lipinski definition) is 4. The van der Waals surface area contributed by atoms with Crippen molar-refractivity contribution in [3.63, 3.8) is 0 Å². The first-order valence-electron chi connectivity index (χ1n) is 6.39. The van der Waals surface area contributed by atoms with Crippen LogP contribution in [-0.2, 0) is 12.0 Å². The predicted octanol–water partition coefficient (Wildman–Crippen LogP) is 2.03. The van der Waals surface area contributed by atoms with Gasteiger partial charge in [0, 0.05) is 11.1 Å². The Hall–Kier alpha value is -2.24. The van der Waals surface area contributed by atoms with Gasteiger partial charge >= 0.3 is 5.97 Å². The maximum atomic E-state index is 11.3. The molecule has 20 heavy (non-hydrogen) atoms. The van der Waals surface area contributed by atoms with Crippen molar-refractivity contribution in [3.05, 3.63) is 41.0 Å². The first kappa shape index (κ1) is 14.2. The van der Waals surface area contributed by atoms with Crippen LogP contribution in [0.15, 0.2) is 18.2 Å². The molecule has 0 saturated carbocycles. The van der Waals surface area contributed by atoms with Gasteiger partial charge in [0.1, 0.15) is 0 Å². The van der Waals surface area contributed by atoms with Gasteiger partial charge in [0.25, 0.3) is 0 Å². The van der Waals surface area contributed by atoms with E-state index in [-0.39, 0.29) is 11.1 Å². The van der Waals surface area contributed by atoms with Crippen molar-refractivity contribution in [1.29, 1.82) is 0 Å². The zero-order valence-electron chi connectivity index (χ0n) is 12.1. The molecule has 106 valence electrons. The summed E-state index contributed by atoms with van der Waals surface area (Å²) < 4.78 is 1.62. The Kier molecular flexibility index (Phi) is 3.57. The van der Waals surface area contributed by atoms with Gasteiger partial charge in [-0.3, -0.25) is 4.98 Å². The summed E-state index contributed by atoms with van der Waals surface area (Å²) in [5.74, 6) is -1.06. The van der Waals surface area contributed by atoms with Crippen molar-refractivity contribution < 1.29 is 9.90 Å². The van der Waals surface area contributed by atoms with Crippen LogP contribution in [0.25, 0.3) is 0 Å². The topological polar surface area (TPSA) is 80.9 Å². The maximum absolute atomic E-state index is 11.3. The molecule has 6 heteroatoms. The molecule has 1 N–H and O–H groups in total. The van der Waals surface area contributed by atoms with Gasteiger partial charge in [-0.05, 0) is 19.1 Å². The number of rotatable bonds is 3. The number of aromatic carboxylic acids is 1. The van der Waals surface area contributed by atoms with E-state index in [1.165, 1.54) is 0 Å². The summed E-state index contributed by atoms with van der Waals surface area (Å²) >= 11 is 0. The molecule has 2 heterocycles. The summed E-state index contributed by atoms with van der Waals surface area (Å²) in [5, 5.41) is 17.0. The van der Waals surface area contributed by atoms with Crippen LogP contribution in [0.1, 0.15) is 48.3 Å². The van der Waals surface area contributed by atoms with Crippen LogP contribution < -0.4 is 0 Å². The van der Waals surface area contributed by atoms with Crippen LogP contribution in [-0.4, -0.2) is 31.1 Å². The minimum Gasteiger partial charge on any atom is -0.476 e. The molecule has 0 atom stereocenters. The highest BCUT2D eigenvalue weighted by atomic mass is 16.4. The zero-order valence-corrected chi connectivity index (χ0v) is 12.1. The molecule has 2 aromatic rings. The summed E-state index contributed by atoms with van der Waals surface area (Å²) in [6.07, 6.45) is 0. The molecule has 0 amide bonds. The van der Waals surface area contributed by atoms with Gasteiger partial charge in [0.05, 0.1) is 17.9 Å². The molecular formula is C14H18N4O2. The molecule has 0 aliphatic heterocycles. The molecule has 0 spiro atoms. The molecule has 2 rings (SSSR count). The van der Waals surface area contributed by atoms with E-state index in [1.54, 1.807) is 4.68 Å². The van der Waals surface area contributed by atoms with Crippen molar-refractivity contribution in [3.8, 4) is 0 Å². The van der Waals surface area contributed by atoms with Gasteiger partial charge < -0.3 is 5.11 Å². The van der Waals surface area contributed by atoms with E-state index in [4.69, 9.17) is 0 Å². The second kappa shape index (κ2) is 5.03. The Morgan fingerprint density at radius 2 is 2.05 bits per heavy atom. The molecular weight excluding hydrogens is 256 g/mol. The van der Waals surface area contributed by atoms with Gasteiger partial charge in [0.15, 0.2) is 5.69 Å². The van der Waals surface area contributed by atoms with Crippen molar-refractivity contribution in [1.82, 2.24) is 20.0 Å². The van der Waals surface area contributed by atoms with E-state index < -0.39 is 5.97 Å². The van der Waals surface area contributed by atoms with E-state index >= 15 is 0 Å². The fourth-order valence-electron chi connectivity index (χ4n) is 2.15. The largest absolute Gasteiger partial charge is 0.476 e. The van der Waals surface area contributed by atoms with Crippen molar-refractivity contribution >= 4 is 5.97 Å². The molecule has 0 bridgehead atoms. The van der Waals surface area contributed by atoms with Gasteiger partial charge in [-0.1, -0.05) is 32.1 Å². The fourth-order valence-corrected chi connectivity index (χ4v) is 2.15. The minimum atomic E-state index is -1.06. The van der Waals surface area contributed by atoms with Crippen LogP contribution in [0.4, 0.5) is 0 Å². The average molecular weight is 274 g/mol. The quantitative estimate of drug-likeness (QED) is 0.926. The highest BCUT2D eigenvalue weighted by Gasteiger charge is 2.29. The third-order valence-electron chi connectivity index (χ3n) is 2.91. The number of aromatic nitrogens is 4. The summed E-state index contributed by atoms with van der Waals surface area (Å²) in [4.78, 5) is 15.7. The molecule has 0 unspecified atom stereocenters. The average Bonchev–Trinajstić information content (AvgIpc) is 2.72. The lowest BCUT2D eigenvalue weighted by Gasteiger charge is -2.20. The number of nitrogens with zero attached hydrogens (tertiary/aromatic N) is 4. The molecule has 0 aliphatic carbocycles. The second-order valence-corrected chi connectivity index (χ2v) is 5.77. The van der Waals surface area contributed by atoms with Gasteiger partial charge in [-0.2, -0.15) is 0 Å². The van der Waals surface area contributed by atoms with E-state index in [1.807, 2.05) is 45.9 Å². The Balaban J connectivity index is 2.45. The van der Waals surface area contributed by atoms with E-state index in [0.29, 0.717) is 12.2 Å². The monoisotopic (exact) mass is 274 g/mol.